The van der Waals surface area contributed by atoms with E-state index < -0.39 is 159 Å². The number of phenols is 4. The van der Waals surface area contributed by atoms with E-state index in [4.69, 9.17) is 47.4 Å². The van der Waals surface area contributed by atoms with Gasteiger partial charge in [-0.1, -0.05) is 18.2 Å². The van der Waals surface area contributed by atoms with Crippen LogP contribution in [-0.4, -0.2) is 205 Å². The molecule has 17 atom stereocenters. The minimum absolute atomic E-state index is 0.0587. The Bertz CT molecular complexity index is 2250. The van der Waals surface area contributed by atoms with Crippen molar-refractivity contribution in [2.75, 3.05) is 26.9 Å². The number of methoxy groups -OCH3 is 1. The van der Waals surface area contributed by atoms with E-state index in [1.165, 1.54) is 50.3 Å². The highest BCUT2D eigenvalue weighted by Gasteiger charge is 2.53. The lowest BCUT2D eigenvalue weighted by atomic mass is 9.86. The van der Waals surface area contributed by atoms with Crippen molar-refractivity contribution in [3.8, 4) is 23.0 Å². The SMILES string of the molecule is C/C=C1\[C@H](O[C@@H]2O[C@H](CO)[C@@H](O)[C@H](O)[C@H]2O)OC=C(C(=O)OC)[C@H]1CC(=O)OC[C@H]1O[C@@H](OCCc2ccc(O)c(O)c2)[C@H](O)[C@@H](O[C@@H]2O[C@@H](C)[C@H](O)[C@@H](O)[C@H]2O)[C@@H]1OC(=O)/C=C/c1ccc(O)c(O)c1. The fourth-order valence-electron chi connectivity index (χ4n) is 8.07. The maximum Gasteiger partial charge on any atom is 0.337 e. The van der Waals surface area contributed by atoms with Gasteiger partial charge in [0.25, 0.3) is 0 Å². The molecule has 4 heterocycles. The Morgan fingerprint density at radius 2 is 1.37 bits per heavy atom. The fraction of sp³-hybridized carbons (Fsp3) is 0.543. The summed E-state index contributed by atoms with van der Waals surface area (Å²) in [6, 6.07) is 7.63. The zero-order valence-corrected chi connectivity index (χ0v) is 38.3. The lowest BCUT2D eigenvalue weighted by Gasteiger charge is -2.46. The van der Waals surface area contributed by atoms with E-state index in [1.54, 1.807) is 0 Å². The lowest BCUT2D eigenvalue weighted by Crippen LogP contribution is -2.65. The standard InChI is InChI=1S/C46H58O25/c1-4-22-23(24(42(61)62-3)17-65-43(22)71-46-38(59)36(57)34(55)29(16-47)67-46)15-32(53)64-18-30-40(69-31(52)10-7-20-5-8-25(48)27(50)13-20)41(70-45-37(58)35(56)33(54)19(2)66-45)39(60)44(68-30)63-12-11-21-6-9-26(49)28(51)14-21/h4-10,13-14,17,19,23,29-30,33-41,43-51,54-60H,11-12,15-16,18H2,1-3H3/b10-7+,22-4-/t19-,23-,29+,30+,33-,34+,35+,36-,37+,38+,39+,40+,41+,43-,44+,45-,46-/m0/s1. The molecule has 0 radical (unpaired) electrons. The lowest BCUT2D eigenvalue weighted by molar-refractivity contribution is -0.357. The Kier molecular flexibility index (Phi) is 18.8. The molecule has 0 bridgehead atoms. The minimum atomic E-state index is -1.95. The summed E-state index contributed by atoms with van der Waals surface area (Å²) in [6.45, 7) is 1.02. The monoisotopic (exact) mass is 1010 g/mol. The molecule has 3 saturated heterocycles. The molecule has 25 nitrogen and oxygen atoms in total. The maximum absolute atomic E-state index is 14.0. The van der Waals surface area contributed by atoms with Crippen LogP contribution in [0.25, 0.3) is 6.08 Å². The van der Waals surface area contributed by atoms with E-state index in [9.17, 15) is 75.7 Å². The molecule has 0 saturated carbocycles. The first-order valence-corrected chi connectivity index (χ1v) is 22.2. The summed E-state index contributed by atoms with van der Waals surface area (Å²) in [4.78, 5) is 40.6. The smallest absolute Gasteiger partial charge is 0.337 e. The molecular formula is C46H58O25. The van der Waals surface area contributed by atoms with Gasteiger partial charge in [-0.15, -0.1) is 0 Å². The van der Waals surface area contributed by atoms with Crippen LogP contribution < -0.4 is 0 Å². The molecule has 392 valence electrons. The van der Waals surface area contributed by atoms with Gasteiger partial charge in [0, 0.05) is 17.6 Å². The van der Waals surface area contributed by atoms with Crippen LogP contribution in [0, 0.1) is 5.92 Å². The van der Waals surface area contributed by atoms with Crippen molar-refractivity contribution in [1.29, 1.82) is 0 Å². The second-order valence-corrected chi connectivity index (χ2v) is 16.8. The number of benzene rings is 2. The molecule has 4 aliphatic rings. The average molecular weight is 1010 g/mol. The molecule has 3 fully saturated rings. The number of hydrogen-bond donors (Lipinski definition) is 12. The molecular weight excluding hydrogens is 952 g/mol. The highest BCUT2D eigenvalue weighted by Crippen LogP contribution is 2.38. The molecule has 71 heavy (non-hydrogen) atoms. The number of phenolic OH excluding ortho intramolecular Hbond substituents is 4. The number of allylic oxidation sites excluding steroid dienone is 1. The molecule has 0 spiro atoms. The summed E-state index contributed by atoms with van der Waals surface area (Å²) in [5, 5.41) is 124. The van der Waals surface area contributed by atoms with Gasteiger partial charge in [0.1, 0.15) is 67.6 Å². The fourth-order valence-corrected chi connectivity index (χ4v) is 8.07. The topological polar surface area (TPSA) is 386 Å². The summed E-state index contributed by atoms with van der Waals surface area (Å²) in [5.74, 6) is -6.12. The van der Waals surface area contributed by atoms with Crippen molar-refractivity contribution in [3.63, 3.8) is 0 Å². The van der Waals surface area contributed by atoms with Gasteiger partial charge in [-0.2, -0.15) is 0 Å². The Labute approximate surface area is 404 Å². The third-order valence-electron chi connectivity index (χ3n) is 12.1. The van der Waals surface area contributed by atoms with E-state index in [0.717, 1.165) is 31.6 Å². The molecule has 6 rings (SSSR count). The van der Waals surface area contributed by atoms with Crippen LogP contribution in [0.3, 0.4) is 0 Å². The van der Waals surface area contributed by atoms with Crippen molar-refractivity contribution in [2.45, 2.75) is 125 Å². The highest BCUT2D eigenvalue weighted by atomic mass is 16.8. The summed E-state index contributed by atoms with van der Waals surface area (Å²) in [7, 11) is 1.07. The molecule has 2 aromatic rings. The van der Waals surface area contributed by atoms with Gasteiger partial charge in [-0.25, -0.2) is 9.59 Å². The number of aliphatic hydroxyl groups is 8. The second-order valence-electron chi connectivity index (χ2n) is 16.8. The zero-order valence-electron chi connectivity index (χ0n) is 38.3. The quantitative estimate of drug-likeness (QED) is 0.0261. The molecule has 25 heteroatoms. The van der Waals surface area contributed by atoms with Crippen LogP contribution in [0.15, 0.2) is 66.0 Å². The van der Waals surface area contributed by atoms with Gasteiger partial charge in [-0.05, 0) is 61.7 Å². The number of carbonyl (C=O) groups excluding carboxylic acids is 3. The number of esters is 3. The number of aliphatic hydroxyl groups excluding tert-OH is 8. The first-order valence-electron chi connectivity index (χ1n) is 22.2. The van der Waals surface area contributed by atoms with E-state index in [0.29, 0.717) is 5.56 Å². The molecule has 0 aliphatic carbocycles. The highest BCUT2D eigenvalue weighted by molar-refractivity contribution is 5.91. The van der Waals surface area contributed by atoms with Crippen molar-refractivity contribution in [3.05, 3.63) is 77.1 Å². The number of rotatable bonds is 17. The normalized spacial score (nSPS) is 34.8. The molecule has 0 amide bonds. The van der Waals surface area contributed by atoms with Crippen LogP contribution in [0.4, 0.5) is 0 Å². The molecule has 0 aromatic heterocycles. The number of hydrogen-bond acceptors (Lipinski definition) is 25. The third-order valence-corrected chi connectivity index (χ3v) is 12.1. The molecule has 4 aliphatic heterocycles. The Morgan fingerprint density at radius 3 is 2.01 bits per heavy atom. The summed E-state index contributed by atoms with van der Waals surface area (Å²) in [6.07, 6.45) is -23.3. The molecule has 12 N–H and O–H groups in total. The summed E-state index contributed by atoms with van der Waals surface area (Å²) in [5.41, 5.74) is 0.566. The van der Waals surface area contributed by atoms with Crippen molar-refractivity contribution in [2.24, 2.45) is 5.92 Å². The van der Waals surface area contributed by atoms with Crippen LogP contribution in [0.2, 0.25) is 0 Å². The largest absolute Gasteiger partial charge is 0.504 e. The van der Waals surface area contributed by atoms with Crippen LogP contribution in [0.5, 0.6) is 23.0 Å². The Balaban J connectivity index is 1.28. The van der Waals surface area contributed by atoms with Gasteiger partial charge in [0.15, 0.2) is 48.0 Å². The second kappa shape index (κ2) is 24.3. The van der Waals surface area contributed by atoms with Crippen LogP contribution in [-0.2, 0) is 68.2 Å². The van der Waals surface area contributed by atoms with E-state index in [1.807, 2.05) is 0 Å². The zero-order chi connectivity index (χ0) is 51.8. The van der Waals surface area contributed by atoms with Crippen LogP contribution in [0.1, 0.15) is 31.4 Å². The number of carbonyl (C=O) groups is 3. The Hall–Kier alpha value is -5.49. The predicted molar refractivity (Wildman–Crippen MR) is 233 cm³/mol. The van der Waals surface area contributed by atoms with Gasteiger partial charge in [-0.3, -0.25) is 4.79 Å². The van der Waals surface area contributed by atoms with E-state index >= 15 is 0 Å². The van der Waals surface area contributed by atoms with Gasteiger partial charge >= 0.3 is 17.9 Å². The van der Waals surface area contributed by atoms with Crippen LogP contribution >= 0.6 is 0 Å². The minimum Gasteiger partial charge on any atom is -0.504 e. The van der Waals surface area contributed by atoms with E-state index in [2.05, 4.69) is 0 Å². The number of aromatic hydroxyl groups is 4. The first-order chi connectivity index (χ1) is 33.8. The first kappa shape index (κ1) is 54.8. The average Bonchev–Trinajstić information content (AvgIpc) is 3.35. The summed E-state index contributed by atoms with van der Waals surface area (Å²) >= 11 is 0. The third kappa shape index (κ3) is 13.0. The predicted octanol–water partition coefficient (Wildman–Crippen LogP) is -2.28. The van der Waals surface area contributed by atoms with Crippen molar-refractivity contribution < 1.29 is 123 Å². The summed E-state index contributed by atoms with van der Waals surface area (Å²) < 4.78 is 57.0. The van der Waals surface area contributed by atoms with E-state index in [-0.39, 0.29) is 35.5 Å². The van der Waals surface area contributed by atoms with Gasteiger partial charge < -0.3 is 109 Å². The number of ether oxygens (including phenoxy) is 10. The van der Waals surface area contributed by atoms with Gasteiger partial charge in [0.05, 0.1) is 44.7 Å². The maximum atomic E-state index is 14.0. The molecule has 2 aromatic carbocycles. The molecule has 0 unspecified atom stereocenters. The van der Waals surface area contributed by atoms with Gasteiger partial charge in [0.2, 0.25) is 6.29 Å². The van der Waals surface area contributed by atoms with Crippen molar-refractivity contribution in [1.82, 2.24) is 0 Å². The van der Waals surface area contributed by atoms with Crippen molar-refractivity contribution >= 4 is 24.0 Å². The Morgan fingerprint density at radius 1 is 0.718 bits per heavy atom.